The summed E-state index contributed by atoms with van der Waals surface area (Å²) in [7, 11) is 0. The SMILES string of the molecule is O=C(NC1CC[N+]2=C1N(/C(O)=C/c1ccccc1)C(c1ccccc1)C2c1ccccc1)c1ccccc1. The molecule has 2 heterocycles. The van der Waals surface area contributed by atoms with Gasteiger partial charge in [-0.2, -0.15) is 4.90 Å². The first-order chi connectivity index (χ1) is 18.7. The van der Waals surface area contributed by atoms with Crippen LogP contribution < -0.4 is 5.32 Å². The van der Waals surface area contributed by atoms with Crippen molar-refractivity contribution in [1.29, 1.82) is 0 Å². The molecule has 2 aliphatic heterocycles. The van der Waals surface area contributed by atoms with Crippen molar-refractivity contribution in [3.05, 3.63) is 149 Å². The zero-order valence-corrected chi connectivity index (χ0v) is 21.0. The monoisotopic (exact) mass is 500 g/mol. The van der Waals surface area contributed by atoms with Crippen molar-refractivity contribution in [2.24, 2.45) is 0 Å². The summed E-state index contributed by atoms with van der Waals surface area (Å²) in [6.45, 7) is 0.771. The third-order valence-electron chi connectivity index (χ3n) is 7.39. The van der Waals surface area contributed by atoms with E-state index in [-0.39, 0.29) is 29.9 Å². The Kier molecular flexibility index (Phi) is 6.49. The Hall–Kier alpha value is -4.64. The van der Waals surface area contributed by atoms with Crippen molar-refractivity contribution < 1.29 is 14.5 Å². The molecule has 5 heteroatoms. The van der Waals surface area contributed by atoms with Crippen molar-refractivity contribution in [2.75, 3.05) is 6.54 Å². The minimum atomic E-state index is -0.242. The van der Waals surface area contributed by atoms with Gasteiger partial charge in [0.2, 0.25) is 0 Å². The van der Waals surface area contributed by atoms with E-state index in [0.717, 1.165) is 29.9 Å². The molecule has 2 aliphatic rings. The lowest BCUT2D eigenvalue weighted by atomic mass is 9.92. The van der Waals surface area contributed by atoms with Crippen LogP contribution in [0.15, 0.2) is 127 Å². The zero-order valence-electron chi connectivity index (χ0n) is 21.0. The fourth-order valence-electron chi connectivity index (χ4n) is 5.74. The molecule has 3 atom stereocenters. The number of rotatable bonds is 6. The van der Waals surface area contributed by atoms with Crippen molar-refractivity contribution >= 4 is 17.8 Å². The number of aliphatic hydroxyl groups is 1. The number of carbonyl (C=O) groups is 1. The summed E-state index contributed by atoms with van der Waals surface area (Å²) >= 11 is 0. The number of nitrogens with zero attached hydrogens (tertiary/aromatic N) is 2. The van der Waals surface area contributed by atoms with E-state index in [4.69, 9.17) is 0 Å². The van der Waals surface area contributed by atoms with Crippen molar-refractivity contribution in [3.63, 3.8) is 0 Å². The Bertz CT molecular complexity index is 1470. The highest BCUT2D eigenvalue weighted by atomic mass is 16.3. The average Bonchev–Trinajstić information content (AvgIpc) is 3.53. The maximum absolute atomic E-state index is 13.2. The minimum Gasteiger partial charge on any atom is -0.478 e. The zero-order chi connectivity index (χ0) is 25.9. The molecule has 38 heavy (non-hydrogen) atoms. The molecule has 2 N–H and O–H groups in total. The predicted molar refractivity (Wildman–Crippen MR) is 150 cm³/mol. The summed E-state index contributed by atoms with van der Waals surface area (Å²) in [5, 5.41) is 15.0. The molecule has 0 bridgehead atoms. The second-order valence-electron chi connectivity index (χ2n) is 9.73. The maximum atomic E-state index is 13.2. The predicted octanol–water partition coefficient (Wildman–Crippen LogP) is 5.95. The van der Waals surface area contributed by atoms with Crippen molar-refractivity contribution in [2.45, 2.75) is 24.5 Å². The van der Waals surface area contributed by atoms with Gasteiger partial charge in [-0.25, -0.2) is 0 Å². The van der Waals surface area contributed by atoms with Crippen LogP contribution in [0.2, 0.25) is 0 Å². The average molecular weight is 501 g/mol. The summed E-state index contributed by atoms with van der Waals surface area (Å²) < 4.78 is 2.36. The van der Waals surface area contributed by atoms with Gasteiger partial charge in [-0.1, -0.05) is 109 Å². The summed E-state index contributed by atoms with van der Waals surface area (Å²) in [5.41, 5.74) is 3.81. The lowest BCUT2D eigenvalue weighted by Crippen LogP contribution is -2.46. The Morgan fingerprint density at radius 3 is 1.97 bits per heavy atom. The molecule has 0 aromatic heterocycles. The summed E-state index contributed by atoms with van der Waals surface area (Å²) in [6.07, 6.45) is 2.57. The van der Waals surface area contributed by atoms with Crippen LogP contribution in [0, 0.1) is 0 Å². The second kappa shape index (κ2) is 10.4. The topological polar surface area (TPSA) is 55.6 Å². The van der Waals surface area contributed by atoms with Gasteiger partial charge in [0.05, 0.1) is 6.54 Å². The minimum absolute atomic E-state index is 0.0291. The highest BCUT2D eigenvalue weighted by Crippen LogP contribution is 2.46. The molecule has 5 nitrogen and oxygen atoms in total. The smallest absolute Gasteiger partial charge is 0.282 e. The van der Waals surface area contributed by atoms with E-state index in [9.17, 15) is 9.90 Å². The molecular formula is C33H30N3O2+. The van der Waals surface area contributed by atoms with E-state index in [1.54, 1.807) is 0 Å². The molecule has 3 unspecified atom stereocenters. The maximum Gasteiger partial charge on any atom is 0.282 e. The number of nitrogens with one attached hydrogen (secondary N) is 1. The van der Waals surface area contributed by atoms with Gasteiger partial charge in [-0.15, -0.1) is 0 Å². The molecule has 0 saturated carbocycles. The van der Waals surface area contributed by atoms with E-state index in [0.29, 0.717) is 5.56 Å². The standard InChI is InChI=1S/C33H29N3O2/c37-29(23-24-13-5-1-6-14-24)36-31(26-17-9-3-10-18-26)30(25-15-7-2-8-16-25)35-22-21-28(33(35)36)34-32(38)27-19-11-4-12-20-27/h1-20,23,28,30-31H,21-22H2,(H-,34,37,38)/p+1/b29-23-. The first-order valence-corrected chi connectivity index (χ1v) is 13.0. The fourth-order valence-corrected chi connectivity index (χ4v) is 5.74. The molecular weight excluding hydrogens is 470 g/mol. The Morgan fingerprint density at radius 2 is 1.34 bits per heavy atom. The van der Waals surface area contributed by atoms with E-state index in [1.165, 1.54) is 5.56 Å². The van der Waals surface area contributed by atoms with Crippen LogP contribution >= 0.6 is 0 Å². The van der Waals surface area contributed by atoms with Crippen LogP contribution in [0.5, 0.6) is 0 Å². The number of benzene rings is 4. The second-order valence-corrected chi connectivity index (χ2v) is 9.73. The van der Waals surface area contributed by atoms with Crippen molar-refractivity contribution in [1.82, 2.24) is 10.2 Å². The molecule has 0 spiro atoms. The number of carbonyl (C=O) groups excluding carboxylic acids is 1. The quantitative estimate of drug-likeness (QED) is 0.254. The molecule has 4 aromatic rings. The van der Waals surface area contributed by atoms with E-state index in [2.05, 4.69) is 46.3 Å². The van der Waals surface area contributed by atoms with Crippen LogP contribution in [-0.2, 0) is 0 Å². The Labute approximate surface area is 223 Å². The van der Waals surface area contributed by atoms with Crippen molar-refractivity contribution in [3.8, 4) is 0 Å². The van der Waals surface area contributed by atoms with Gasteiger partial charge in [-0.3, -0.25) is 9.37 Å². The molecule has 6 rings (SSSR count). The first kappa shape index (κ1) is 23.7. The van der Waals surface area contributed by atoms with E-state index >= 15 is 0 Å². The van der Waals surface area contributed by atoms with Gasteiger partial charge in [0, 0.05) is 29.2 Å². The van der Waals surface area contributed by atoms with Gasteiger partial charge in [0.1, 0.15) is 6.04 Å². The van der Waals surface area contributed by atoms with Gasteiger partial charge >= 0.3 is 0 Å². The lowest BCUT2D eigenvalue weighted by molar-refractivity contribution is -0.560. The molecule has 0 saturated heterocycles. The van der Waals surface area contributed by atoms with E-state index < -0.39 is 0 Å². The molecule has 1 amide bonds. The number of hydrogen-bond donors (Lipinski definition) is 2. The number of amidine groups is 1. The molecule has 188 valence electrons. The third kappa shape index (κ3) is 4.48. The largest absolute Gasteiger partial charge is 0.478 e. The highest BCUT2D eigenvalue weighted by molar-refractivity contribution is 5.98. The van der Waals surface area contributed by atoms with Crippen LogP contribution in [-0.4, -0.2) is 38.9 Å². The number of amides is 1. The van der Waals surface area contributed by atoms with Crippen LogP contribution in [0.1, 0.15) is 45.6 Å². The molecule has 0 aliphatic carbocycles. The van der Waals surface area contributed by atoms with Gasteiger partial charge in [-0.05, 0) is 17.7 Å². The van der Waals surface area contributed by atoms with E-state index in [1.807, 2.05) is 95.9 Å². The lowest BCUT2D eigenvalue weighted by Gasteiger charge is -2.26. The van der Waals surface area contributed by atoms with Gasteiger partial charge < -0.3 is 10.4 Å². The number of hydrogen-bond acceptors (Lipinski definition) is 3. The normalized spacial score (nSPS) is 20.9. The summed E-state index contributed by atoms with van der Waals surface area (Å²) in [6, 6.07) is 39.4. The first-order valence-electron chi connectivity index (χ1n) is 13.0. The van der Waals surface area contributed by atoms with Crippen LogP contribution in [0.4, 0.5) is 0 Å². The molecule has 4 aromatic carbocycles. The highest BCUT2D eigenvalue weighted by Gasteiger charge is 2.56. The molecule has 0 radical (unpaired) electrons. The fraction of sp³-hybridized carbons (Fsp3) is 0.152. The van der Waals surface area contributed by atoms with Crippen LogP contribution in [0.25, 0.3) is 6.08 Å². The Morgan fingerprint density at radius 1 is 0.789 bits per heavy atom. The number of aliphatic hydroxyl groups excluding tert-OH is 1. The summed E-state index contributed by atoms with van der Waals surface area (Å²) in [5.74, 6) is 0.960. The summed E-state index contributed by atoms with van der Waals surface area (Å²) in [4.78, 5) is 15.3. The Balaban J connectivity index is 1.47. The van der Waals surface area contributed by atoms with Gasteiger partial charge in [0.15, 0.2) is 12.1 Å². The molecule has 0 fully saturated rings. The van der Waals surface area contributed by atoms with Crippen LogP contribution in [0.3, 0.4) is 0 Å². The third-order valence-corrected chi connectivity index (χ3v) is 7.39. The van der Waals surface area contributed by atoms with Gasteiger partial charge in [0.25, 0.3) is 17.6 Å².